The van der Waals surface area contributed by atoms with Gasteiger partial charge in [0.2, 0.25) is 0 Å². The summed E-state index contributed by atoms with van der Waals surface area (Å²) >= 11 is 0. The van der Waals surface area contributed by atoms with Crippen molar-refractivity contribution in [3.63, 3.8) is 0 Å². The van der Waals surface area contributed by atoms with Crippen molar-refractivity contribution in [3.05, 3.63) is 17.6 Å². The van der Waals surface area contributed by atoms with Gasteiger partial charge in [-0.1, -0.05) is 20.3 Å². The Kier molecular flexibility index (Phi) is 4.93. The summed E-state index contributed by atoms with van der Waals surface area (Å²) in [6, 6.07) is -0.586. The Morgan fingerprint density at radius 1 is 1.30 bits per heavy atom. The van der Waals surface area contributed by atoms with Crippen LogP contribution in [0.1, 0.15) is 50.8 Å². The van der Waals surface area contributed by atoms with Crippen LogP contribution in [0.5, 0.6) is 0 Å². The van der Waals surface area contributed by atoms with E-state index in [1.807, 2.05) is 13.8 Å². The molecular formula is C15H23N3O2. The molecule has 0 radical (unpaired) electrons. The summed E-state index contributed by atoms with van der Waals surface area (Å²) in [6.45, 7) is 4.05. The molecule has 0 saturated heterocycles. The van der Waals surface area contributed by atoms with Gasteiger partial charge in [0.05, 0.1) is 0 Å². The van der Waals surface area contributed by atoms with Crippen molar-refractivity contribution in [1.29, 1.82) is 0 Å². The number of anilines is 1. The molecule has 20 heavy (non-hydrogen) atoms. The van der Waals surface area contributed by atoms with Crippen LogP contribution in [0.3, 0.4) is 0 Å². The van der Waals surface area contributed by atoms with E-state index in [4.69, 9.17) is 0 Å². The van der Waals surface area contributed by atoms with E-state index in [1.165, 1.54) is 6.42 Å². The lowest BCUT2D eigenvalue weighted by Crippen LogP contribution is -2.31. The molecule has 0 aromatic carbocycles. The molecule has 5 nitrogen and oxygen atoms in total. The van der Waals surface area contributed by atoms with E-state index in [0.29, 0.717) is 18.2 Å². The van der Waals surface area contributed by atoms with Crippen LogP contribution in [0.4, 0.5) is 5.82 Å². The number of nitrogens with zero attached hydrogens (tertiary/aromatic N) is 2. The molecule has 2 N–H and O–H groups in total. The highest BCUT2D eigenvalue weighted by atomic mass is 16.4. The number of fused-ring (bicyclic) bond motifs is 1. The topological polar surface area (TPSA) is 75.1 Å². The van der Waals surface area contributed by atoms with Gasteiger partial charge in [0.15, 0.2) is 0 Å². The third-order valence-corrected chi connectivity index (χ3v) is 3.69. The number of nitrogens with one attached hydrogen (secondary N) is 1. The lowest BCUT2D eigenvalue weighted by molar-refractivity contribution is -0.138. The van der Waals surface area contributed by atoms with Gasteiger partial charge in [-0.2, -0.15) is 0 Å². The number of aryl methyl sites for hydroxylation is 1. The van der Waals surface area contributed by atoms with E-state index >= 15 is 0 Å². The summed E-state index contributed by atoms with van der Waals surface area (Å²) < 4.78 is 0. The molecule has 2 rings (SSSR count). The molecule has 1 heterocycles. The summed E-state index contributed by atoms with van der Waals surface area (Å²) in [5.41, 5.74) is 2.19. The number of hydrogen-bond donors (Lipinski definition) is 2. The van der Waals surface area contributed by atoms with Crippen LogP contribution in [0.25, 0.3) is 0 Å². The van der Waals surface area contributed by atoms with E-state index in [-0.39, 0.29) is 0 Å². The van der Waals surface area contributed by atoms with Crippen LogP contribution in [-0.4, -0.2) is 27.1 Å². The number of rotatable bonds is 5. The Balaban J connectivity index is 2.21. The molecule has 0 bridgehead atoms. The molecule has 0 fully saturated rings. The van der Waals surface area contributed by atoms with E-state index < -0.39 is 12.0 Å². The maximum Gasteiger partial charge on any atom is 0.326 e. The molecule has 110 valence electrons. The molecule has 5 heteroatoms. The Morgan fingerprint density at radius 3 is 2.75 bits per heavy atom. The Hall–Kier alpha value is -1.65. The number of hydrogen-bond acceptors (Lipinski definition) is 4. The molecule has 1 aliphatic rings. The molecule has 0 spiro atoms. The van der Waals surface area contributed by atoms with Crippen LogP contribution >= 0.6 is 0 Å². The zero-order valence-electron chi connectivity index (χ0n) is 12.2. The first-order chi connectivity index (χ1) is 9.58. The van der Waals surface area contributed by atoms with E-state index in [1.54, 1.807) is 6.33 Å². The van der Waals surface area contributed by atoms with Gasteiger partial charge in [0.25, 0.3) is 0 Å². The summed E-state index contributed by atoms with van der Waals surface area (Å²) in [5.74, 6) is 0.216. The van der Waals surface area contributed by atoms with Gasteiger partial charge < -0.3 is 10.4 Å². The SMILES string of the molecule is CC(C)CC(Nc1ncnc2c1CCCCC2)C(=O)O. The monoisotopic (exact) mass is 277 g/mol. The fourth-order valence-corrected chi connectivity index (χ4v) is 2.68. The minimum atomic E-state index is -0.820. The van der Waals surface area contributed by atoms with Gasteiger partial charge in [-0.15, -0.1) is 0 Å². The Morgan fingerprint density at radius 2 is 2.05 bits per heavy atom. The second kappa shape index (κ2) is 6.68. The van der Waals surface area contributed by atoms with Crippen molar-refractivity contribution >= 4 is 11.8 Å². The maximum absolute atomic E-state index is 11.4. The first kappa shape index (κ1) is 14.8. The highest BCUT2D eigenvalue weighted by molar-refractivity contribution is 5.77. The standard InChI is InChI=1S/C15H23N3O2/c1-10(2)8-13(15(19)20)18-14-11-6-4-3-5-7-12(11)16-9-17-14/h9-10,13H,3-8H2,1-2H3,(H,19,20)(H,16,17,18). The molecular weight excluding hydrogens is 254 g/mol. The summed E-state index contributed by atoms with van der Waals surface area (Å²) in [6.07, 6.45) is 7.51. The molecule has 0 aliphatic heterocycles. The largest absolute Gasteiger partial charge is 0.480 e. The molecule has 1 aliphatic carbocycles. The maximum atomic E-state index is 11.4. The van der Waals surface area contributed by atoms with Gasteiger partial charge >= 0.3 is 5.97 Å². The smallest absolute Gasteiger partial charge is 0.326 e. The molecule has 1 aromatic heterocycles. The molecule has 0 saturated carbocycles. The number of carboxylic acid groups (broad SMARTS) is 1. The minimum Gasteiger partial charge on any atom is -0.480 e. The average molecular weight is 277 g/mol. The Bertz CT molecular complexity index is 474. The van der Waals surface area contributed by atoms with Crippen LogP contribution in [0.2, 0.25) is 0 Å². The van der Waals surface area contributed by atoms with Crippen molar-refractivity contribution in [1.82, 2.24) is 9.97 Å². The van der Waals surface area contributed by atoms with Crippen molar-refractivity contribution in [2.75, 3.05) is 5.32 Å². The van der Waals surface area contributed by atoms with E-state index in [0.717, 1.165) is 36.9 Å². The van der Waals surface area contributed by atoms with Crippen molar-refractivity contribution < 1.29 is 9.90 Å². The van der Waals surface area contributed by atoms with Gasteiger partial charge in [0.1, 0.15) is 18.2 Å². The second-order valence-electron chi connectivity index (χ2n) is 5.87. The third-order valence-electron chi connectivity index (χ3n) is 3.69. The number of carboxylic acids is 1. The number of aliphatic carboxylic acids is 1. The predicted molar refractivity (Wildman–Crippen MR) is 77.8 cm³/mol. The fraction of sp³-hybridized carbons (Fsp3) is 0.667. The molecule has 1 aromatic rings. The van der Waals surface area contributed by atoms with Crippen LogP contribution in [-0.2, 0) is 17.6 Å². The van der Waals surface area contributed by atoms with Gasteiger partial charge in [0, 0.05) is 11.3 Å². The zero-order chi connectivity index (χ0) is 14.5. The Labute approximate surface area is 119 Å². The fourth-order valence-electron chi connectivity index (χ4n) is 2.68. The highest BCUT2D eigenvalue weighted by Crippen LogP contribution is 2.25. The zero-order valence-corrected chi connectivity index (χ0v) is 12.2. The summed E-state index contributed by atoms with van der Waals surface area (Å²) in [5, 5.41) is 12.5. The quantitative estimate of drug-likeness (QED) is 0.809. The lowest BCUT2D eigenvalue weighted by atomic mass is 10.0. The van der Waals surface area contributed by atoms with E-state index in [9.17, 15) is 9.90 Å². The van der Waals surface area contributed by atoms with Crippen LogP contribution in [0, 0.1) is 5.92 Å². The van der Waals surface area contributed by atoms with Crippen molar-refractivity contribution in [2.45, 2.75) is 58.4 Å². The highest BCUT2D eigenvalue weighted by Gasteiger charge is 2.22. The molecule has 0 amide bonds. The summed E-state index contributed by atoms with van der Waals surface area (Å²) in [7, 11) is 0. The predicted octanol–water partition coefficient (Wildman–Crippen LogP) is 2.66. The number of aromatic nitrogens is 2. The van der Waals surface area contributed by atoms with Gasteiger partial charge in [-0.25, -0.2) is 14.8 Å². The molecule has 1 atom stereocenters. The molecule has 1 unspecified atom stereocenters. The summed E-state index contributed by atoms with van der Waals surface area (Å²) in [4.78, 5) is 20.0. The number of carbonyl (C=O) groups is 1. The van der Waals surface area contributed by atoms with Gasteiger partial charge in [-0.3, -0.25) is 0 Å². The van der Waals surface area contributed by atoms with Crippen molar-refractivity contribution in [3.8, 4) is 0 Å². The van der Waals surface area contributed by atoms with E-state index in [2.05, 4.69) is 15.3 Å². The first-order valence-electron chi connectivity index (χ1n) is 7.40. The first-order valence-corrected chi connectivity index (χ1v) is 7.40. The van der Waals surface area contributed by atoms with Crippen LogP contribution in [0.15, 0.2) is 6.33 Å². The second-order valence-corrected chi connectivity index (χ2v) is 5.87. The third kappa shape index (κ3) is 3.68. The lowest BCUT2D eigenvalue weighted by Gasteiger charge is -2.19. The average Bonchev–Trinajstić information content (AvgIpc) is 2.63. The van der Waals surface area contributed by atoms with Gasteiger partial charge in [-0.05, 0) is 38.0 Å². The minimum absolute atomic E-state index is 0.323. The van der Waals surface area contributed by atoms with Crippen LogP contribution < -0.4 is 5.32 Å². The van der Waals surface area contributed by atoms with Crippen molar-refractivity contribution in [2.24, 2.45) is 5.92 Å². The normalized spacial score (nSPS) is 16.4.